The van der Waals surface area contributed by atoms with Crippen LogP contribution in [0.15, 0.2) is 46.3 Å². The number of aromatic nitrogens is 2. The van der Waals surface area contributed by atoms with Gasteiger partial charge in [0, 0.05) is 12.2 Å². The van der Waals surface area contributed by atoms with E-state index in [-0.39, 0.29) is 11.8 Å². The van der Waals surface area contributed by atoms with Gasteiger partial charge < -0.3 is 9.84 Å². The zero-order valence-electron chi connectivity index (χ0n) is 14.1. The average Bonchev–Trinajstić information content (AvgIpc) is 3.35. The first-order valence-electron chi connectivity index (χ1n) is 8.27. The molecule has 1 fully saturated rings. The van der Waals surface area contributed by atoms with Crippen LogP contribution in [-0.4, -0.2) is 30.9 Å². The van der Waals surface area contributed by atoms with Crippen molar-refractivity contribution >= 4 is 32.7 Å². The Morgan fingerprint density at radius 2 is 2.08 bits per heavy atom. The normalized spacial score (nSPS) is 17.3. The van der Waals surface area contributed by atoms with Crippen molar-refractivity contribution in [3.05, 3.63) is 47.7 Å². The van der Waals surface area contributed by atoms with Crippen molar-refractivity contribution < 1.29 is 12.9 Å². The van der Waals surface area contributed by atoms with E-state index in [9.17, 15) is 8.42 Å². The minimum Gasteiger partial charge on any atom is -0.374 e. The van der Waals surface area contributed by atoms with Gasteiger partial charge in [0.05, 0.1) is 16.3 Å². The van der Waals surface area contributed by atoms with Gasteiger partial charge in [0.15, 0.2) is 0 Å². The van der Waals surface area contributed by atoms with Crippen LogP contribution in [0.1, 0.15) is 25.3 Å². The van der Waals surface area contributed by atoms with Gasteiger partial charge in [0.25, 0.3) is 0 Å². The zero-order valence-corrected chi connectivity index (χ0v) is 15.8. The van der Waals surface area contributed by atoms with E-state index >= 15 is 0 Å². The fraction of sp³-hybridized carbons (Fsp3) is 0.294. The lowest BCUT2D eigenvalue weighted by atomic mass is 10.2. The van der Waals surface area contributed by atoms with Crippen LogP contribution in [0.5, 0.6) is 0 Å². The number of anilines is 2. The summed E-state index contributed by atoms with van der Waals surface area (Å²) in [5.41, 5.74) is 1.55. The summed E-state index contributed by atoms with van der Waals surface area (Å²) in [7, 11) is -3.16. The molecule has 3 aromatic rings. The summed E-state index contributed by atoms with van der Waals surface area (Å²) in [5.74, 6) is 1.30. The highest BCUT2D eigenvalue weighted by atomic mass is 32.2. The van der Waals surface area contributed by atoms with E-state index in [4.69, 9.17) is 4.52 Å². The van der Waals surface area contributed by atoms with Gasteiger partial charge in [-0.2, -0.15) is 4.98 Å². The molecule has 1 aliphatic rings. The summed E-state index contributed by atoms with van der Waals surface area (Å²) in [6, 6.07) is 11.1. The van der Waals surface area contributed by atoms with Crippen molar-refractivity contribution in [2.24, 2.45) is 0 Å². The molecule has 0 spiro atoms. The van der Waals surface area contributed by atoms with Gasteiger partial charge in [-0.05, 0) is 49.1 Å². The van der Waals surface area contributed by atoms with E-state index in [1.165, 1.54) is 4.31 Å². The molecule has 1 aromatic carbocycles. The van der Waals surface area contributed by atoms with Crippen LogP contribution in [0.4, 0.5) is 11.4 Å². The highest BCUT2D eigenvalue weighted by Gasteiger charge is 2.28. The molecule has 1 aliphatic heterocycles. The number of rotatable bonds is 5. The third kappa shape index (κ3) is 3.32. The first-order chi connectivity index (χ1) is 12.5. The maximum atomic E-state index is 12.0. The second kappa shape index (κ2) is 6.73. The lowest BCUT2D eigenvalue weighted by molar-refractivity contribution is 0.368. The van der Waals surface area contributed by atoms with Crippen molar-refractivity contribution in [1.82, 2.24) is 10.1 Å². The Morgan fingerprint density at radius 3 is 2.73 bits per heavy atom. The zero-order chi connectivity index (χ0) is 18.1. The van der Waals surface area contributed by atoms with Gasteiger partial charge in [-0.1, -0.05) is 11.2 Å². The van der Waals surface area contributed by atoms with Crippen LogP contribution in [-0.2, 0) is 10.0 Å². The summed E-state index contributed by atoms with van der Waals surface area (Å²) in [6.07, 6.45) is 0.670. The number of benzene rings is 1. The molecule has 1 N–H and O–H groups in total. The molecule has 9 heteroatoms. The Morgan fingerprint density at radius 1 is 1.27 bits per heavy atom. The molecule has 0 radical (unpaired) electrons. The number of nitrogens with one attached hydrogen (secondary N) is 1. The molecular formula is C17H18N4O3S2. The summed E-state index contributed by atoms with van der Waals surface area (Å²) in [4.78, 5) is 5.39. The predicted molar refractivity (Wildman–Crippen MR) is 102 cm³/mol. The first kappa shape index (κ1) is 17.0. The Hall–Kier alpha value is -2.39. The minimum absolute atomic E-state index is 0.169. The van der Waals surface area contributed by atoms with Gasteiger partial charge in [-0.3, -0.25) is 4.31 Å². The molecule has 26 heavy (non-hydrogen) atoms. The minimum atomic E-state index is -3.16. The monoisotopic (exact) mass is 390 g/mol. The number of hydrogen-bond acceptors (Lipinski definition) is 7. The van der Waals surface area contributed by atoms with Crippen LogP contribution in [0.3, 0.4) is 0 Å². The van der Waals surface area contributed by atoms with E-state index in [2.05, 4.69) is 15.5 Å². The molecule has 0 amide bonds. The molecule has 4 rings (SSSR count). The smallest absolute Gasteiger partial charge is 0.249 e. The Balaban J connectivity index is 1.46. The summed E-state index contributed by atoms with van der Waals surface area (Å²) >= 11 is 1.56. The highest BCUT2D eigenvalue weighted by molar-refractivity contribution is 7.93. The van der Waals surface area contributed by atoms with Crippen molar-refractivity contribution in [3.8, 4) is 10.7 Å². The van der Waals surface area contributed by atoms with Gasteiger partial charge >= 0.3 is 0 Å². The van der Waals surface area contributed by atoms with Crippen molar-refractivity contribution in [2.45, 2.75) is 19.4 Å². The average molecular weight is 390 g/mol. The van der Waals surface area contributed by atoms with Crippen LogP contribution >= 0.6 is 11.3 Å². The number of hydrogen-bond donors (Lipinski definition) is 1. The quantitative estimate of drug-likeness (QED) is 0.717. The fourth-order valence-corrected chi connectivity index (χ4v) is 5.10. The molecule has 2 aromatic heterocycles. The topological polar surface area (TPSA) is 88.3 Å². The maximum absolute atomic E-state index is 12.0. The van der Waals surface area contributed by atoms with Crippen molar-refractivity contribution in [1.29, 1.82) is 0 Å². The Kier molecular flexibility index (Phi) is 4.41. The van der Waals surface area contributed by atoms with Crippen LogP contribution in [0.2, 0.25) is 0 Å². The molecular weight excluding hydrogens is 372 g/mol. The van der Waals surface area contributed by atoms with E-state index in [0.717, 1.165) is 10.6 Å². The molecule has 3 heterocycles. The SMILES string of the molecule is CC(Nc1ccc(N2CCCS2(=O)=O)cc1)c1nc(-c2cccs2)no1. The molecule has 1 atom stereocenters. The number of sulfonamides is 1. The van der Waals surface area contributed by atoms with E-state index in [1.807, 2.05) is 48.7 Å². The van der Waals surface area contributed by atoms with Gasteiger partial charge in [0.1, 0.15) is 6.04 Å². The molecule has 1 saturated heterocycles. The number of thiophene rings is 1. The molecule has 7 nitrogen and oxygen atoms in total. The second-order valence-electron chi connectivity index (χ2n) is 6.09. The first-order valence-corrected chi connectivity index (χ1v) is 10.8. The lowest BCUT2D eigenvalue weighted by Crippen LogP contribution is -2.24. The highest BCUT2D eigenvalue weighted by Crippen LogP contribution is 2.27. The molecule has 0 aliphatic carbocycles. The fourth-order valence-electron chi connectivity index (χ4n) is 2.88. The molecule has 0 saturated carbocycles. The Bertz CT molecular complexity index is 981. The van der Waals surface area contributed by atoms with Crippen LogP contribution in [0.25, 0.3) is 10.7 Å². The predicted octanol–water partition coefficient (Wildman–Crippen LogP) is 3.51. The second-order valence-corrected chi connectivity index (χ2v) is 9.05. The van der Waals surface area contributed by atoms with Crippen LogP contribution in [0, 0.1) is 0 Å². The molecule has 0 bridgehead atoms. The third-order valence-corrected chi connectivity index (χ3v) is 6.93. The summed E-state index contributed by atoms with van der Waals surface area (Å²) in [5, 5.41) is 9.28. The van der Waals surface area contributed by atoms with E-state index < -0.39 is 10.0 Å². The maximum Gasteiger partial charge on any atom is 0.249 e. The van der Waals surface area contributed by atoms with Gasteiger partial charge in [-0.15, -0.1) is 11.3 Å². The number of nitrogens with zero attached hydrogens (tertiary/aromatic N) is 3. The Labute approximate surface area is 155 Å². The summed E-state index contributed by atoms with van der Waals surface area (Å²) < 4.78 is 30.8. The standard InChI is InChI=1S/C17H18N4O3S2/c1-12(17-19-16(20-24-17)15-4-2-10-25-15)18-13-5-7-14(8-6-13)21-9-3-11-26(21,22)23/h2,4-8,10,12,18H,3,9,11H2,1H3. The van der Waals surface area contributed by atoms with Gasteiger partial charge in [-0.25, -0.2) is 8.42 Å². The van der Waals surface area contributed by atoms with E-state index in [1.54, 1.807) is 11.3 Å². The lowest BCUT2D eigenvalue weighted by Gasteiger charge is -2.18. The van der Waals surface area contributed by atoms with Gasteiger partial charge in [0.2, 0.25) is 21.7 Å². The van der Waals surface area contributed by atoms with Crippen molar-refractivity contribution in [3.63, 3.8) is 0 Å². The summed E-state index contributed by atoms with van der Waals surface area (Å²) in [6.45, 7) is 2.48. The largest absolute Gasteiger partial charge is 0.374 e. The molecule has 1 unspecified atom stereocenters. The van der Waals surface area contributed by atoms with Crippen LogP contribution < -0.4 is 9.62 Å². The van der Waals surface area contributed by atoms with Crippen molar-refractivity contribution in [2.75, 3.05) is 21.9 Å². The van der Waals surface area contributed by atoms with E-state index in [0.29, 0.717) is 30.4 Å². The third-order valence-electron chi connectivity index (χ3n) is 4.19. The molecule has 136 valence electrons.